The number of aliphatic hydroxyl groups excluding tert-OH is 2. The van der Waals surface area contributed by atoms with Crippen molar-refractivity contribution in [2.24, 2.45) is 22.7 Å². The van der Waals surface area contributed by atoms with Gasteiger partial charge in [-0.05, 0) is 61.7 Å². The topological polar surface area (TPSA) is 74.6 Å². The highest BCUT2D eigenvalue weighted by Gasteiger charge is 2.54. The number of allylic oxidation sites excluding steroid dienone is 5. The van der Waals surface area contributed by atoms with Crippen molar-refractivity contribution in [3.8, 4) is 0 Å². The molecule has 3 rings (SSSR count). The zero-order chi connectivity index (χ0) is 18.6. The summed E-state index contributed by atoms with van der Waals surface area (Å²) in [7, 11) is 0. The third-order valence-electron chi connectivity index (χ3n) is 7.45. The molecular formula is C21H28O4. The Hall–Kier alpha value is -1.84. The summed E-state index contributed by atoms with van der Waals surface area (Å²) in [6.45, 7) is 8.97. The second kappa shape index (κ2) is 5.86. The van der Waals surface area contributed by atoms with Gasteiger partial charge in [0.15, 0.2) is 5.76 Å². The van der Waals surface area contributed by atoms with Crippen LogP contribution in [0.1, 0.15) is 59.8 Å². The lowest BCUT2D eigenvalue weighted by atomic mass is 9.46. The average Bonchev–Trinajstić information content (AvgIpc) is 2.56. The summed E-state index contributed by atoms with van der Waals surface area (Å²) >= 11 is 0. The van der Waals surface area contributed by atoms with Gasteiger partial charge in [-0.3, -0.25) is 9.59 Å². The van der Waals surface area contributed by atoms with Crippen molar-refractivity contribution in [2.75, 3.05) is 0 Å². The molecule has 25 heavy (non-hydrogen) atoms. The minimum absolute atomic E-state index is 0.115. The van der Waals surface area contributed by atoms with Crippen LogP contribution in [-0.2, 0) is 9.59 Å². The molecule has 0 unspecified atom stereocenters. The first-order chi connectivity index (χ1) is 11.6. The quantitative estimate of drug-likeness (QED) is 0.437. The lowest BCUT2D eigenvalue weighted by Gasteiger charge is -2.58. The van der Waals surface area contributed by atoms with Crippen LogP contribution in [0.2, 0.25) is 0 Å². The smallest absolute Gasteiger partial charge is 0.267 e. The third kappa shape index (κ3) is 2.57. The molecule has 0 aromatic carbocycles. The maximum Gasteiger partial charge on any atom is 0.267 e. The van der Waals surface area contributed by atoms with Crippen molar-refractivity contribution >= 4 is 11.6 Å². The number of hydrogen-bond acceptors (Lipinski definition) is 4. The molecule has 2 N–H and O–H groups in total. The maximum atomic E-state index is 11.9. The number of ketones is 2. The highest BCUT2D eigenvalue weighted by molar-refractivity contribution is 6.47. The van der Waals surface area contributed by atoms with Crippen LogP contribution in [0.4, 0.5) is 0 Å². The minimum Gasteiger partial charge on any atom is -0.507 e. The molecule has 136 valence electrons. The second-order valence-electron chi connectivity index (χ2n) is 8.61. The Bertz CT molecular complexity index is 726. The molecule has 3 aliphatic carbocycles. The molecule has 0 aromatic rings. The van der Waals surface area contributed by atoms with Crippen LogP contribution in [0.3, 0.4) is 0 Å². The normalized spacial score (nSPS) is 39.0. The number of rotatable bonds is 2. The maximum absolute atomic E-state index is 11.9. The molecule has 0 bridgehead atoms. The lowest BCUT2D eigenvalue weighted by Crippen LogP contribution is -2.50. The molecule has 1 fully saturated rings. The number of carbonyl (C=O) groups excluding carboxylic acids is 2. The number of aliphatic hydroxyl groups is 2. The van der Waals surface area contributed by atoms with Crippen LogP contribution in [0.25, 0.3) is 0 Å². The summed E-state index contributed by atoms with van der Waals surface area (Å²) in [5, 5.41) is 20.4. The molecular weight excluding hydrogens is 316 g/mol. The first-order valence-electron chi connectivity index (χ1n) is 9.20. The Morgan fingerprint density at radius 3 is 2.56 bits per heavy atom. The zero-order valence-electron chi connectivity index (χ0n) is 15.6. The van der Waals surface area contributed by atoms with Crippen molar-refractivity contribution < 1.29 is 19.8 Å². The van der Waals surface area contributed by atoms with E-state index in [0.29, 0.717) is 18.3 Å². The van der Waals surface area contributed by atoms with E-state index in [1.807, 2.05) is 0 Å². The fourth-order valence-electron chi connectivity index (χ4n) is 5.42. The van der Waals surface area contributed by atoms with Gasteiger partial charge in [-0.1, -0.05) is 32.4 Å². The molecule has 3 aliphatic rings. The Kier molecular flexibility index (Phi) is 4.21. The van der Waals surface area contributed by atoms with E-state index in [1.54, 1.807) is 0 Å². The standard InChI is InChI=1S/C21H28O4/c1-12-6-5-7-17-20(12,3)9-8-13(2)21(17,4)11-14-15(22)10-16(23)19(25)18(14)24/h6,10,13,17,22,24H,5,7-9,11H2,1-4H3/t13-,17+,20+,21+/m0/s1. The number of Topliss-reactive ketones (excluding diaryl/α,β-unsaturated/α-hetero) is 1. The van der Waals surface area contributed by atoms with E-state index < -0.39 is 17.3 Å². The zero-order valence-corrected chi connectivity index (χ0v) is 15.6. The first-order valence-corrected chi connectivity index (χ1v) is 9.20. The molecule has 4 heteroatoms. The Labute approximate surface area is 149 Å². The SMILES string of the molecule is CC1=CCC[C@H]2[C@](C)(CC3=C(O)C(=O)C(=O)C=C3O)[C@@H](C)CC[C@]12C. The molecule has 0 saturated heterocycles. The van der Waals surface area contributed by atoms with E-state index >= 15 is 0 Å². The van der Waals surface area contributed by atoms with Crippen LogP contribution in [-0.4, -0.2) is 21.8 Å². The van der Waals surface area contributed by atoms with Crippen molar-refractivity contribution in [1.29, 1.82) is 0 Å². The van der Waals surface area contributed by atoms with Crippen LogP contribution >= 0.6 is 0 Å². The third-order valence-corrected chi connectivity index (χ3v) is 7.45. The average molecular weight is 344 g/mol. The molecule has 4 nitrogen and oxygen atoms in total. The predicted octanol–water partition coefficient (Wildman–Crippen LogP) is 4.58. The van der Waals surface area contributed by atoms with Crippen molar-refractivity contribution in [3.05, 3.63) is 34.8 Å². The summed E-state index contributed by atoms with van der Waals surface area (Å²) in [6, 6.07) is 0. The van der Waals surface area contributed by atoms with Crippen molar-refractivity contribution in [3.63, 3.8) is 0 Å². The summed E-state index contributed by atoms with van der Waals surface area (Å²) in [6.07, 6.45) is 8.01. The van der Waals surface area contributed by atoms with E-state index in [4.69, 9.17) is 0 Å². The van der Waals surface area contributed by atoms with Gasteiger partial charge in [-0.25, -0.2) is 0 Å². The van der Waals surface area contributed by atoms with Crippen molar-refractivity contribution in [1.82, 2.24) is 0 Å². The van der Waals surface area contributed by atoms with E-state index in [9.17, 15) is 19.8 Å². The van der Waals surface area contributed by atoms with Gasteiger partial charge in [0.1, 0.15) is 5.76 Å². The molecule has 1 saturated carbocycles. The van der Waals surface area contributed by atoms with Gasteiger partial charge in [-0.15, -0.1) is 0 Å². The molecule has 0 amide bonds. The van der Waals surface area contributed by atoms with E-state index in [0.717, 1.165) is 31.8 Å². The van der Waals surface area contributed by atoms with Gasteiger partial charge >= 0.3 is 0 Å². The summed E-state index contributed by atoms with van der Waals surface area (Å²) in [5.74, 6) is -1.80. The molecule has 0 heterocycles. The highest BCUT2D eigenvalue weighted by Crippen LogP contribution is 2.62. The second-order valence-corrected chi connectivity index (χ2v) is 8.61. The van der Waals surface area contributed by atoms with Crippen LogP contribution < -0.4 is 0 Å². The van der Waals surface area contributed by atoms with Gasteiger partial charge in [0.05, 0.1) is 0 Å². The Morgan fingerprint density at radius 2 is 1.88 bits per heavy atom. The molecule has 0 spiro atoms. The molecule has 4 atom stereocenters. The summed E-state index contributed by atoms with van der Waals surface area (Å²) in [4.78, 5) is 23.4. The molecule has 0 aliphatic heterocycles. The predicted molar refractivity (Wildman–Crippen MR) is 96.1 cm³/mol. The van der Waals surface area contributed by atoms with E-state index in [2.05, 4.69) is 33.8 Å². The summed E-state index contributed by atoms with van der Waals surface area (Å²) < 4.78 is 0. The fraction of sp³-hybridized carbons (Fsp3) is 0.619. The van der Waals surface area contributed by atoms with E-state index in [1.165, 1.54) is 5.57 Å². The molecule has 0 radical (unpaired) electrons. The van der Waals surface area contributed by atoms with Crippen molar-refractivity contribution in [2.45, 2.75) is 59.8 Å². The van der Waals surface area contributed by atoms with Gasteiger partial charge in [0.25, 0.3) is 5.78 Å². The fourth-order valence-corrected chi connectivity index (χ4v) is 5.42. The largest absolute Gasteiger partial charge is 0.507 e. The summed E-state index contributed by atoms with van der Waals surface area (Å²) in [5.41, 5.74) is 1.61. The van der Waals surface area contributed by atoms with Gasteiger partial charge in [0.2, 0.25) is 5.78 Å². The van der Waals surface area contributed by atoms with Crippen LogP contribution in [0.5, 0.6) is 0 Å². The van der Waals surface area contributed by atoms with E-state index in [-0.39, 0.29) is 22.2 Å². The van der Waals surface area contributed by atoms with Crippen LogP contribution in [0.15, 0.2) is 34.8 Å². The number of fused-ring (bicyclic) bond motifs is 1. The first kappa shape index (κ1) is 18.0. The lowest BCUT2D eigenvalue weighted by molar-refractivity contribution is -0.133. The highest BCUT2D eigenvalue weighted by atomic mass is 16.3. The van der Waals surface area contributed by atoms with Gasteiger partial charge in [0, 0.05) is 11.6 Å². The van der Waals surface area contributed by atoms with Gasteiger partial charge < -0.3 is 10.2 Å². The number of hydrogen-bond donors (Lipinski definition) is 2. The minimum atomic E-state index is -0.914. The molecule has 0 aromatic heterocycles. The van der Waals surface area contributed by atoms with Crippen LogP contribution in [0, 0.1) is 22.7 Å². The van der Waals surface area contributed by atoms with Gasteiger partial charge in [-0.2, -0.15) is 0 Å². The Balaban J connectivity index is 2.03. The Morgan fingerprint density at radius 1 is 1.20 bits per heavy atom. The number of carbonyl (C=O) groups is 2. The monoisotopic (exact) mass is 344 g/mol.